The van der Waals surface area contributed by atoms with E-state index in [0.717, 1.165) is 6.42 Å². The fourth-order valence-electron chi connectivity index (χ4n) is 2.18. The molecule has 0 unspecified atom stereocenters. The number of nitrogens with one attached hydrogen (secondary N) is 2. The number of rotatable bonds is 10. The van der Waals surface area contributed by atoms with Gasteiger partial charge >= 0.3 is 0 Å². The van der Waals surface area contributed by atoms with E-state index in [0.29, 0.717) is 24.9 Å². The van der Waals surface area contributed by atoms with Crippen molar-refractivity contribution in [3.8, 4) is 0 Å². The number of unbranched alkanes of at least 4 members (excludes halogenated alkanes) is 1. The van der Waals surface area contributed by atoms with Gasteiger partial charge in [-0.2, -0.15) is 0 Å². The molecule has 0 fully saturated rings. The summed E-state index contributed by atoms with van der Waals surface area (Å²) in [4.78, 5) is 35.7. The maximum absolute atomic E-state index is 12.4. The highest BCUT2D eigenvalue weighted by molar-refractivity contribution is 5.97. The lowest BCUT2D eigenvalue weighted by Gasteiger charge is -2.22. The van der Waals surface area contributed by atoms with Gasteiger partial charge in [-0.05, 0) is 43.9 Å². The van der Waals surface area contributed by atoms with Gasteiger partial charge in [0.05, 0.1) is 6.04 Å². The molecule has 4 N–H and O–H groups in total. The summed E-state index contributed by atoms with van der Waals surface area (Å²) in [6.45, 7) is 4.17. The van der Waals surface area contributed by atoms with Crippen molar-refractivity contribution >= 4 is 18.1 Å². The topological polar surface area (TPSA) is 101 Å². The Bertz CT molecular complexity index is 532. The molecular weight excluding hydrogens is 306 g/mol. The summed E-state index contributed by atoms with van der Waals surface area (Å²) in [7, 11) is 0. The molecule has 0 saturated carbocycles. The van der Waals surface area contributed by atoms with Crippen molar-refractivity contribution in [1.82, 2.24) is 10.6 Å². The minimum Gasteiger partial charge on any atom is -0.344 e. The van der Waals surface area contributed by atoms with Crippen LogP contribution in [-0.4, -0.2) is 36.7 Å². The predicted molar refractivity (Wildman–Crippen MR) is 93.1 cm³/mol. The van der Waals surface area contributed by atoms with E-state index < -0.39 is 12.1 Å². The van der Waals surface area contributed by atoms with E-state index in [9.17, 15) is 14.4 Å². The molecule has 0 aromatic heterocycles. The van der Waals surface area contributed by atoms with Crippen molar-refractivity contribution in [3.05, 3.63) is 35.9 Å². The van der Waals surface area contributed by atoms with E-state index in [1.54, 1.807) is 24.3 Å². The molecule has 2 atom stereocenters. The maximum Gasteiger partial charge on any atom is 0.251 e. The van der Waals surface area contributed by atoms with Crippen LogP contribution in [0.3, 0.4) is 0 Å². The van der Waals surface area contributed by atoms with E-state index in [4.69, 9.17) is 5.73 Å². The third-order valence-corrected chi connectivity index (χ3v) is 3.70. The molecule has 1 aromatic rings. The SMILES string of the molecule is CC(C)[C@@H]([C]=O)NC(=O)[C@H](CCCCN)NC(=O)c1ccccc1. The van der Waals surface area contributed by atoms with Crippen LogP contribution in [0.2, 0.25) is 0 Å². The standard InChI is InChI=1S/C18H26N3O3/c1-13(2)16(12-22)21-18(24)15(10-6-7-11-19)20-17(23)14-8-4-3-5-9-14/h3-5,8-9,13,15-16H,6-7,10-11,19H2,1-2H3,(H,20,23)(H,21,24)/t15-,16+/m0/s1. The molecule has 2 amide bonds. The molecule has 1 aromatic carbocycles. The fraction of sp³-hybridized carbons (Fsp3) is 0.500. The zero-order valence-electron chi connectivity index (χ0n) is 14.2. The van der Waals surface area contributed by atoms with Gasteiger partial charge in [-0.15, -0.1) is 0 Å². The molecule has 6 heteroatoms. The zero-order valence-corrected chi connectivity index (χ0v) is 14.2. The Morgan fingerprint density at radius 1 is 1.12 bits per heavy atom. The first-order chi connectivity index (χ1) is 11.5. The number of carbonyl (C=O) groups excluding carboxylic acids is 3. The lowest BCUT2D eigenvalue weighted by Crippen LogP contribution is -2.51. The van der Waals surface area contributed by atoms with Crippen molar-refractivity contribution in [1.29, 1.82) is 0 Å². The van der Waals surface area contributed by atoms with Crippen LogP contribution in [0, 0.1) is 5.92 Å². The minimum atomic E-state index is -0.709. The van der Waals surface area contributed by atoms with Crippen LogP contribution >= 0.6 is 0 Å². The van der Waals surface area contributed by atoms with Crippen molar-refractivity contribution in [2.75, 3.05) is 6.54 Å². The van der Waals surface area contributed by atoms with E-state index >= 15 is 0 Å². The smallest absolute Gasteiger partial charge is 0.251 e. The second-order valence-electron chi connectivity index (χ2n) is 6.02. The van der Waals surface area contributed by atoms with E-state index in [-0.39, 0.29) is 17.7 Å². The molecule has 0 aliphatic carbocycles. The van der Waals surface area contributed by atoms with Crippen molar-refractivity contribution < 1.29 is 14.4 Å². The van der Waals surface area contributed by atoms with Gasteiger partial charge in [-0.1, -0.05) is 32.0 Å². The summed E-state index contributed by atoms with van der Waals surface area (Å²) >= 11 is 0. The molecule has 0 saturated heterocycles. The molecule has 0 spiro atoms. The monoisotopic (exact) mass is 332 g/mol. The third kappa shape index (κ3) is 6.50. The molecule has 24 heavy (non-hydrogen) atoms. The second-order valence-corrected chi connectivity index (χ2v) is 6.02. The quantitative estimate of drug-likeness (QED) is 0.560. The van der Waals surface area contributed by atoms with E-state index in [1.165, 1.54) is 0 Å². The first-order valence-corrected chi connectivity index (χ1v) is 8.23. The van der Waals surface area contributed by atoms with Gasteiger partial charge in [0.15, 0.2) is 0 Å². The van der Waals surface area contributed by atoms with Crippen molar-refractivity contribution in [3.63, 3.8) is 0 Å². The first kappa shape index (κ1) is 19.8. The molecule has 131 valence electrons. The Kier molecular flexibility index (Phi) is 8.71. The number of benzene rings is 1. The highest BCUT2D eigenvalue weighted by Gasteiger charge is 2.24. The highest BCUT2D eigenvalue weighted by Crippen LogP contribution is 2.06. The van der Waals surface area contributed by atoms with Crippen molar-refractivity contribution in [2.24, 2.45) is 11.7 Å². The maximum atomic E-state index is 12.4. The molecule has 6 nitrogen and oxygen atoms in total. The number of nitrogens with two attached hydrogens (primary N) is 1. The summed E-state index contributed by atoms with van der Waals surface area (Å²) in [6.07, 6.45) is 3.76. The van der Waals surface area contributed by atoms with E-state index in [1.807, 2.05) is 26.2 Å². The second kappa shape index (κ2) is 10.5. The van der Waals surface area contributed by atoms with Crippen LogP contribution < -0.4 is 16.4 Å². The Morgan fingerprint density at radius 3 is 2.33 bits per heavy atom. The largest absolute Gasteiger partial charge is 0.344 e. The normalized spacial score (nSPS) is 13.2. The van der Waals surface area contributed by atoms with Crippen LogP contribution in [-0.2, 0) is 9.59 Å². The van der Waals surface area contributed by atoms with Crippen molar-refractivity contribution in [2.45, 2.75) is 45.2 Å². The number of amides is 2. The lowest BCUT2D eigenvalue weighted by molar-refractivity contribution is -0.123. The zero-order chi connectivity index (χ0) is 17.9. The van der Waals surface area contributed by atoms with Crippen LogP contribution in [0.15, 0.2) is 30.3 Å². The first-order valence-electron chi connectivity index (χ1n) is 8.23. The Balaban J connectivity index is 2.76. The Labute approximate surface area is 143 Å². The molecule has 0 aliphatic rings. The van der Waals surface area contributed by atoms with Gasteiger partial charge in [0.25, 0.3) is 5.91 Å². The van der Waals surface area contributed by atoms with Crippen LogP contribution in [0.5, 0.6) is 0 Å². The Morgan fingerprint density at radius 2 is 1.79 bits per heavy atom. The van der Waals surface area contributed by atoms with Gasteiger partial charge in [0.2, 0.25) is 12.2 Å². The lowest BCUT2D eigenvalue weighted by atomic mass is 10.0. The predicted octanol–water partition coefficient (Wildman–Crippen LogP) is 1.16. The van der Waals surface area contributed by atoms with Crippen LogP contribution in [0.1, 0.15) is 43.5 Å². The van der Waals surface area contributed by atoms with Gasteiger partial charge < -0.3 is 16.4 Å². The summed E-state index contributed by atoms with van der Waals surface area (Å²) in [5.41, 5.74) is 5.97. The minimum absolute atomic E-state index is 0.0685. The third-order valence-electron chi connectivity index (χ3n) is 3.70. The summed E-state index contributed by atoms with van der Waals surface area (Å²) in [5, 5.41) is 5.38. The fourth-order valence-corrected chi connectivity index (χ4v) is 2.18. The molecular formula is C18H26N3O3. The molecule has 1 radical (unpaired) electrons. The molecule has 1 rings (SSSR count). The average molecular weight is 332 g/mol. The van der Waals surface area contributed by atoms with Crippen LogP contribution in [0.25, 0.3) is 0 Å². The van der Waals surface area contributed by atoms with Gasteiger partial charge in [0.1, 0.15) is 6.04 Å². The van der Waals surface area contributed by atoms with Gasteiger partial charge in [0, 0.05) is 5.56 Å². The van der Waals surface area contributed by atoms with Crippen LogP contribution in [0.4, 0.5) is 0 Å². The number of carbonyl (C=O) groups is 2. The number of hydrogen-bond donors (Lipinski definition) is 3. The van der Waals surface area contributed by atoms with Gasteiger partial charge in [-0.3, -0.25) is 14.4 Å². The average Bonchev–Trinajstić information content (AvgIpc) is 2.59. The molecule has 0 aliphatic heterocycles. The van der Waals surface area contributed by atoms with E-state index in [2.05, 4.69) is 10.6 Å². The summed E-state index contributed by atoms with van der Waals surface area (Å²) in [5.74, 6) is -0.765. The Hall–Kier alpha value is -2.21. The molecule has 0 bridgehead atoms. The summed E-state index contributed by atoms with van der Waals surface area (Å²) < 4.78 is 0. The summed E-state index contributed by atoms with van der Waals surface area (Å²) in [6, 6.07) is 7.29. The number of hydrogen-bond acceptors (Lipinski definition) is 4. The van der Waals surface area contributed by atoms with Gasteiger partial charge in [-0.25, -0.2) is 0 Å². The molecule has 0 heterocycles. The highest BCUT2D eigenvalue weighted by atomic mass is 16.2.